The van der Waals surface area contributed by atoms with Crippen molar-refractivity contribution in [3.05, 3.63) is 95.1 Å². The zero-order chi connectivity index (χ0) is 25.5. The average molecular weight is 514 g/mol. The van der Waals surface area contributed by atoms with Gasteiger partial charge < -0.3 is 25.0 Å². The maximum Gasteiger partial charge on any atom is 0.335 e. The van der Waals surface area contributed by atoms with Crippen molar-refractivity contribution in [2.45, 2.75) is 25.2 Å². The summed E-state index contributed by atoms with van der Waals surface area (Å²) in [5, 5.41) is 9.13. The van der Waals surface area contributed by atoms with Gasteiger partial charge in [-0.25, -0.2) is 13.6 Å². The molecule has 0 aliphatic carbocycles. The molecule has 1 heterocycles. The third-order valence-electron chi connectivity index (χ3n) is 6.85. The summed E-state index contributed by atoms with van der Waals surface area (Å²) in [6, 6.07) is 17.9. The maximum atomic E-state index is 13.5. The molecule has 0 atom stereocenters. The fourth-order valence-electron chi connectivity index (χ4n) is 4.98. The smallest absolute Gasteiger partial charge is 0.335 e. The number of carboxylic acids is 1. The van der Waals surface area contributed by atoms with E-state index in [0.29, 0.717) is 24.0 Å². The van der Waals surface area contributed by atoms with Crippen molar-refractivity contribution in [2.24, 2.45) is 5.92 Å². The number of hydrogen-bond donors (Lipinski definition) is 1. The van der Waals surface area contributed by atoms with Crippen molar-refractivity contribution < 1.29 is 33.6 Å². The van der Waals surface area contributed by atoms with Gasteiger partial charge >= 0.3 is 5.97 Å². The number of nitrogens with zero attached hydrogens (tertiary/aromatic N) is 1. The molecule has 0 aromatic heterocycles. The molecule has 198 valence electrons. The molecule has 37 heavy (non-hydrogen) atoms. The van der Waals surface area contributed by atoms with Crippen LogP contribution in [0.2, 0.25) is 0 Å². The SMILES string of the molecule is COc1cc(C(=O)O)ccc1OCCCN1CCC(C(c2ccc(F)cc2)c2ccc(F)cc2)CC1.O. The number of hydrogen-bond acceptors (Lipinski definition) is 4. The Hall–Kier alpha value is -3.49. The van der Waals surface area contributed by atoms with Gasteiger partial charge in [0.2, 0.25) is 0 Å². The summed E-state index contributed by atoms with van der Waals surface area (Å²) >= 11 is 0. The Kier molecular flexibility index (Phi) is 10.00. The number of aromatic carboxylic acids is 1. The van der Waals surface area contributed by atoms with Crippen LogP contribution in [-0.4, -0.2) is 54.8 Å². The van der Waals surface area contributed by atoms with Gasteiger partial charge in [0, 0.05) is 12.5 Å². The summed E-state index contributed by atoms with van der Waals surface area (Å²) in [6.45, 7) is 3.27. The first-order chi connectivity index (χ1) is 17.4. The summed E-state index contributed by atoms with van der Waals surface area (Å²) in [5.74, 6) is -0.119. The van der Waals surface area contributed by atoms with Gasteiger partial charge in [0.15, 0.2) is 11.5 Å². The van der Waals surface area contributed by atoms with Gasteiger partial charge in [-0.05, 0) is 91.9 Å². The highest BCUT2D eigenvalue weighted by Gasteiger charge is 2.29. The van der Waals surface area contributed by atoms with Crippen LogP contribution in [0.15, 0.2) is 66.7 Å². The number of rotatable bonds is 10. The molecule has 0 saturated carbocycles. The lowest BCUT2D eigenvalue weighted by Gasteiger charge is -2.36. The highest BCUT2D eigenvalue weighted by Crippen LogP contribution is 2.38. The molecule has 1 aliphatic rings. The number of methoxy groups -OCH3 is 1. The second-order valence-electron chi connectivity index (χ2n) is 9.13. The number of benzene rings is 3. The fourth-order valence-corrected chi connectivity index (χ4v) is 4.98. The van der Waals surface area contributed by atoms with E-state index in [4.69, 9.17) is 14.6 Å². The Morgan fingerprint density at radius 1 is 0.946 bits per heavy atom. The summed E-state index contributed by atoms with van der Waals surface area (Å²) in [7, 11) is 1.49. The quantitative estimate of drug-likeness (QED) is 0.378. The average Bonchev–Trinajstić information content (AvgIpc) is 2.89. The number of ether oxygens (including phenoxy) is 2. The van der Waals surface area contributed by atoms with Crippen LogP contribution in [0.25, 0.3) is 0 Å². The van der Waals surface area contributed by atoms with Gasteiger partial charge in [-0.1, -0.05) is 24.3 Å². The van der Waals surface area contributed by atoms with E-state index < -0.39 is 5.97 Å². The highest BCUT2D eigenvalue weighted by molar-refractivity contribution is 5.88. The zero-order valence-corrected chi connectivity index (χ0v) is 20.8. The first-order valence-corrected chi connectivity index (χ1v) is 12.2. The molecular weight excluding hydrogens is 480 g/mol. The molecule has 1 saturated heterocycles. The molecule has 1 fully saturated rings. The lowest BCUT2D eigenvalue weighted by atomic mass is 9.76. The molecule has 0 spiro atoms. The third kappa shape index (κ3) is 7.27. The Morgan fingerprint density at radius 3 is 2.03 bits per heavy atom. The molecule has 0 radical (unpaired) electrons. The van der Waals surface area contributed by atoms with Crippen LogP contribution in [0.5, 0.6) is 11.5 Å². The summed E-state index contributed by atoms with van der Waals surface area (Å²) in [5.41, 5.74) is 2.26. The monoisotopic (exact) mass is 513 g/mol. The van der Waals surface area contributed by atoms with Crippen molar-refractivity contribution >= 4 is 5.97 Å². The van der Waals surface area contributed by atoms with Crippen LogP contribution in [0.4, 0.5) is 8.78 Å². The predicted octanol–water partition coefficient (Wildman–Crippen LogP) is 5.16. The van der Waals surface area contributed by atoms with Crippen molar-refractivity contribution in [3.8, 4) is 11.5 Å². The maximum absolute atomic E-state index is 13.5. The normalized spacial score (nSPS) is 14.3. The van der Waals surface area contributed by atoms with Crippen LogP contribution >= 0.6 is 0 Å². The van der Waals surface area contributed by atoms with Crippen molar-refractivity contribution in [1.82, 2.24) is 4.90 Å². The zero-order valence-electron chi connectivity index (χ0n) is 20.8. The molecule has 8 heteroatoms. The Labute approximate surface area is 215 Å². The molecule has 3 aromatic carbocycles. The van der Waals surface area contributed by atoms with E-state index in [9.17, 15) is 13.6 Å². The Morgan fingerprint density at radius 2 is 1.51 bits per heavy atom. The molecular formula is C29H33F2NO5. The number of halogens is 2. The van der Waals surface area contributed by atoms with Crippen molar-refractivity contribution in [1.29, 1.82) is 0 Å². The topological polar surface area (TPSA) is 90.5 Å². The van der Waals surface area contributed by atoms with Crippen LogP contribution < -0.4 is 9.47 Å². The standard InChI is InChI=1S/C29H31F2NO4.H2O/c1-35-27-19-23(29(33)34)7-12-26(27)36-18-2-15-32-16-13-22(14-17-32)28(20-3-8-24(30)9-4-20)21-5-10-25(31)11-6-21;/h3-12,19,22,28H,2,13-18H2,1H3,(H,33,34);1H2. The van der Waals surface area contributed by atoms with Gasteiger partial charge in [0.25, 0.3) is 0 Å². The first kappa shape index (κ1) is 28.1. The molecule has 3 aromatic rings. The summed E-state index contributed by atoms with van der Waals surface area (Å²) < 4.78 is 38.2. The third-order valence-corrected chi connectivity index (χ3v) is 6.85. The molecule has 6 nitrogen and oxygen atoms in total. The number of likely N-dealkylation sites (tertiary alicyclic amines) is 1. The van der Waals surface area contributed by atoms with E-state index in [0.717, 1.165) is 50.0 Å². The minimum Gasteiger partial charge on any atom is -0.493 e. The van der Waals surface area contributed by atoms with Crippen LogP contribution in [0, 0.1) is 17.6 Å². The van der Waals surface area contributed by atoms with Gasteiger partial charge in [-0.2, -0.15) is 0 Å². The van der Waals surface area contributed by atoms with E-state index in [2.05, 4.69) is 4.90 Å². The highest BCUT2D eigenvalue weighted by atomic mass is 19.1. The van der Waals surface area contributed by atoms with E-state index in [-0.39, 0.29) is 28.6 Å². The second kappa shape index (κ2) is 13.2. The van der Waals surface area contributed by atoms with E-state index >= 15 is 0 Å². The van der Waals surface area contributed by atoms with Gasteiger partial charge in [-0.15, -0.1) is 0 Å². The number of piperidine rings is 1. The van der Waals surface area contributed by atoms with Crippen molar-refractivity contribution in [2.75, 3.05) is 33.4 Å². The largest absolute Gasteiger partial charge is 0.493 e. The Balaban J connectivity index is 0.00000380. The molecule has 0 amide bonds. The number of carbonyl (C=O) groups is 1. The van der Waals surface area contributed by atoms with Gasteiger partial charge in [-0.3, -0.25) is 0 Å². The fraction of sp³-hybridized carbons (Fsp3) is 0.345. The lowest BCUT2D eigenvalue weighted by Crippen LogP contribution is -2.36. The molecule has 0 unspecified atom stereocenters. The summed E-state index contributed by atoms with van der Waals surface area (Å²) in [4.78, 5) is 13.6. The Bertz CT molecular complexity index is 1100. The van der Waals surface area contributed by atoms with E-state index in [1.807, 2.05) is 24.3 Å². The van der Waals surface area contributed by atoms with Crippen molar-refractivity contribution in [3.63, 3.8) is 0 Å². The van der Waals surface area contributed by atoms with Gasteiger partial charge in [0.05, 0.1) is 19.3 Å². The predicted molar refractivity (Wildman–Crippen MR) is 137 cm³/mol. The number of carboxylic acid groups (broad SMARTS) is 1. The molecule has 0 bridgehead atoms. The minimum absolute atomic E-state index is 0. The molecule has 1 aliphatic heterocycles. The summed E-state index contributed by atoms with van der Waals surface area (Å²) in [6.07, 6.45) is 2.81. The van der Waals surface area contributed by atoms with Crippen LogP contribution in [0.3, 0.4) is 0 Å². The second-order valence-corrected chi connectivity index (χ2v) is 9.13. The molecule has 3 N–H and O–H groups in total. The molecule has 4 rings (SSSR count). The van der Waals surface area contributed by atoms with Gasteiger partial charge in [0.1, 0.15) is 11.6 Å². The van der Waals surface area contributed by atoms with E-state index in [1.165, 1.54) is 43.5 Å². The van der Waals surface area contributed by atoms with Crippen LogP contribution in [-0.2, 0) is 0 Å². The minimum atomic E-state index is -1.01. The lowest BCUT2D eigenvalue weighted by molar-refractivity contribution is 0.0696. The van der Waals surface area contributed by atoms with Crippen LogP contribution in [0.1, 0.15) is 46.7 Å². The van der Waals surface area contributed by atoms with E-state index in [1.54, 1.807) is 6.07 Å². The first-order valence-electron chi connectivity index (χ1n) is 12.2.